The van der Waals surface area contributed by atoms with E-state index in [4.69, 9.17) is 4.74 Å². The van der Waals surface area contributed by atoms with Crippen LogP contribution in [0.5, 0.6) is 5.75 Å². The highest BCUT2D eigenvalue weighted by Crippen LogP contribution is 2.29. The molecule has 1 heterocycles. The van der Waals surface area contributed by atoms with Gasteiger partial charge in [-0.05, 0) is 44.8 Å². The molecule has 1 aromatic heterocycles. The summed E-state index contributed by atoms with van der Waals surface area (Å²) in [7, 11) is 5.42. The van der Waals surface area contributed by atoms with E-state index in [0.717, 1.165) is 24.6 Å². The van der Waals surface area contributed by atoms with Crippen LogP contribution in [0.15, 0.2) is 30.3 Å². The van der Waals surface area contributed by atoms with Crippen LogP contribution in [-0.4, -0.2) is 49.2 Å². The van der Waals surface area contributed by atoms with Gasteiger partial charge >= 0.3 is 6.18 Å². The number of ether oxygens (including phenoxy) is 1. The van der Waals surface area contributed by atoms with Crippen molar-refractivity contribution in [2.45, 2.75) is 19.1 Å². The van der Waals surface area contributed by atoms with Gasteiger partial charge in [0.15, 0.2) is 5.69 Å². The van der Waals surface area contributed by atoms with Crippen LogP contribution in [0.25, 0.3) is 0 Å². The Morgan fingerprint density at radius 2 is 1.89 bits per heavy atom. The molecule has 0 aliphatic rings. The van der Waals surface area contributed by atoms with Crippen molar-refractivity contribution in [3.8, 4) is 5.75 Å². The summed E-state index contributed by atoms with van der Waals surface area (Å²) in [5.74, 6) is 0.739. The van der Waals surface area contributed by atoms with Gasteiger partial charge in [0.1, 0.15) is 11.6 Å². The molecular weight excluding hydrogens is 359 g/mol. The van der Waals surface area contributed by atoms with Gasteiger partial charge in [-0.1, -0.05) is 12.1 Å². The van der Waals surface area contributed by atoms with Crippen LogP contribution in [0.1, 0.15) is 17.7 Å². The zero-order valence-electron chi connectivity index (χ0n) is 15.6. The predicted molar refractivity (Wildman–Crippen MR) is 99.0 cm³/mol. The quantitative estimate of drug-likeness (QED) is 0.647. The van der Waals surface area contributed by atoms with Gasteiger partial charge in [-0.3, -0.25) is 0 Å². The van der Waals surface area contributed by atoms with Crippen LogP contribution in [0.2, 0.25) is 0 Å². The SMILES string of the molecule is COc1cccc(CNc2cc(C(F)(F)F)nc(NCCCN(C)C)n2)c1. The Morgan fingerprint density at radius 1 is 1.11 bits per heavy atom. The molecule has 2 N–H and O–H groups in total. The first kappa shape index (κ1) is 20.8. The summed E-state index contributed by atoms with van der Waals surface area (Å²) in [4.78, 5) is 9.72. The predicted octanol–water partition coefficient (Wildman–Crippen LogP) is 3.48. The molecule has 27 heavy (non-hydrogen) atoms. The lowest BCUT2D eigenvalue weighted by molar-refractivity contribution is -0.141. The molecule has 0 saturated heterocycles. The second-order valence-electron chi connectivity index (χ2n) is 6.25. The lowest BCUT2D eigenvalue weighted by atomic mass is 10.2. The summed E-state index contributed by atoms with van der Waals surface area (Å²) < 4.78 is 44.6. The van der Waals surface area contributed by atoms with E-state index in [-0.39, 0.29) is 11.8 Å². The van der Waals surface area contributed by atoms with Crippen molar-refractivity contribution in [3.05, 3.63) is 41.6 Å². The normalized spacial score (nSPS) is 11.5. The smallest absolute Gasteiger partial charge is 0.433 e. The summed E-state index contributed by atoms with van der Waals surface area (Å²) in [6.07, 6.45) is -3.78. The fourth-order valence-corrected chi connectivity index (χ4v) is 2.33. The minimum absolute atomic E-state index is 0.0447. The second-order valence-corrected chi connectivity index (χ2v) is 6.25. The van der Waals surface area contributed by atoms with E-state index >= 15 is 0 Å². The fraction of sp³-hybridized carbons (Fsp3) is 0.444. The number of alkyl halides is 3. The van der Waals surface area contributed by atoms with Crippen molar-refractivity contribution in [3.63, 3.8) is 0 Å². The Hall–Kier alpha value is -2.55. The molecule has 0 spiro atoms. The van der Waals surface area contributed by atoms with Crippen LogP contribution in [0, 0.1) is 0 Å². The Morgan fingerprint density at radius 3 is 2.56 bits per heavy atom. The Balaban J connectivity index is 2.10. The van der Waals surface area contributed by atoms with Gasteiger partial charge in [-0.25, -0.2) is 4.98 Å². The highest BCUT2D eigenvalue weighted by molar-refractivity contribution is 5.44. The van der Waals surface area contributed by atoms with Gasteiger partial charge < -0.3 is 20.3 Å². The first-order chi connectivity index (χ1) is 12.8. The maximum absolute atomic E-state index is 13.1. The molecule has 0 atom stereocenters. The van der Waals surface area contributed by atoms with Gasteiger partial charge in [0, 0.05) is 19.2 Å². The zero-order chi connectivity index (χ0) is 19.9. The molecule has 0 saturated carbocycles. The number of halogens is 3. The van der Waals surface area contributed by atoms with Gasteiger partial charge in [0.05, 0.1) is 7.11 Å². The first-order valence-electron chi connectivity index (χ1n) is 8.49. The van der Waals surface area contributed by atoms with Crippen LogP contribution >= 0.6 is 0 Å². The van der Waals surface area contributed by atoms with E-state index in [9.17, 15) is 13.2 Å². The first-order valence-corrected chi connectivity index (χ1v) is 8.49. The third kappa shape index (κ3) is 6.93. The largest absolute Gasteiger partial charge is 0.497 e. The van der Waals surface area contributed by atoms with E-state index in [1.807, 2.05) is 31.1 Å². The molecule has 0 aliphatic carbocycles. The molecule has 0 radical (unpaired) electrons. The van der Waals surface area contributed by atoms with E-state index in [1.165, 1.54) is 0 Å². The molecule has 148 valence electrons. The number of anilines is 2. The van der Waals surface area contributed by atoms with Crippen LogP contribution in [0.3, 0.4) is 0 Å². The number of hydrogen-bond donors (Lipinski definition) is 2. The number of rotatable bonds is 9. The summed E-state index contributed by atoms with van der Waals surface area (Å²) in [6, 6.07) is 8.17. The molecule has 2 aromatic rings. The monoisotopic (exact) mass is 383 g/mol. The third-order valence-electron chi connectivity index (χ3n) is 3.69. The molecule has 0 bridgehead atoms. The fourth-order valence-electron chi connectivity index (χ4n) is 2.33. The summed E-state index contributed by atoms with van der Waals surface area (Å²) in [6.45, 7) is 1.60. The van der Waals surface area contributed by atoms with Crippen LogP contribution in [-0.2, 0) is 12.7 Å². The summed E-state index contributed by atoms with van der Waals surface area (Å²) in [5.41, 5.74) is -0.122. The number of benzene rings is 1. The molecule has 0 aliphatic heterocycles. The number of aromatic nitrogens is 2. The summed E-state index contributed by atoms with van der Waals surface area (Å²) in [5, 5.41) is 5.78. The van der Waals surface area contributed by atoms with Gasteiger partial charge in [0.2, 0.25) is 5.95 Å². The van der Waals surface area contributed by atoms with Crippen molar-refractivity contribution >= 4 is 11.8 Å². The van der Waals surface area contributed by atoms with Gasteiger partial charge in [-0.2, -0.15) is 18.2 Å². The minimum Gasteiger partial charge on any atom is -0.497 e. The summed E-state index contributed by atoms with van der Waals surface area (Å²) >= 11 is 0. The molecule has 1 aromatic carbocycles. The van der Waals surface area contributed by atoms with E-state index in [1.54, 1.807) is 19.2 Å². The molecule has 0 amide bonds. The Kier molecular flexibility index (Phi) is 7.23. The minimum atomic E-state index is -4.55. The maximum atomic E-state index is 13.1. The molecule has 9 heteroatoms. The van der Waals surface area contributed by atoms with Crippen molar-refractivity contribution < 1.29 is 17.9 Å². The number of nitrogens with one attached hydrogen (secondary N) is 2. The average Bonchev–Trinajstić information content (AvgIpc) is 2.63. The second kappa shape index (κ2) is 9.40. The van der Waals surface area contributed by atoms with Crippen molar-refractivity contribution in [2.75, 3.05) is 44.9 Å². The van der Waals surface area contributed by atoms with Crippen LogP contribution in [0.4, 0.5) is 24.9 Å². The molecular formula is C18H24F3N5O. The van der Waals surface area contributed by atoms with Crippen molar-refractivity contribution in [1.29, 1.82) is 0 Å². The van der Waals surface area contributed by atoms with E-state index in [2.05, 4.69) is 20.6 Å². The van der Waals surface area contributed by atoms with E-state index < -0.39 is 11.9 Å². The zero-order valence-corrected chi connectivity index (χ0v) is 15.6. The van der Waals surface area contributed by atoms with Gasteiger partial charge in [-0.15, -0.1) is 0 Å². The highest BCUT2D eigenvalue weighted by atomic mass is 19.4. The number of methoxy groups -OCH3 is 1. The lowest BCUT2D eigenvalue weighted by Crippen LogP contribution is -2.18. The number of nitrogens with zero attached hydrogens (tertiary/aromatic N) is 3. The van der Waals surface area contributed by atoms with Crippen molar-refractivity contribution in [2.24, 2.45) is 0 Å². The molecule has 0 fully saturated rings. The third-order valence-corrected chi connectivity index (χ3v) is 3.69. The Bertz CT molecular complexity index is 737. The van der Waals surface area contributed by atoms with E-state index in [0.29, 0.717) is 18.8 Å². The average molecular weight is 383 g/mol. The topological polar surface area (TPSA) is 62.3 Å². The molecule has 0 unspecified atom stereocenters. The molecule has 6 nitrogen and oxygen atoms in total. The highest BCUT2D eigenvalue weighted by Gasteiger charge is 2.33. The van der Waals surface area contributed by atoms with Crippen LogP contribution < -0.4 is 15.4 Å². The maximum Gasteiger partial charge on any atom is 0.433 e. The van der Waals surface area contributed by atoms with Gasteiger partial charge in [0.25, 0.3) is 0 Å². The van der Waals surface area contributed by atoms with Crippen molar-refractivity contribution in [1.82, 2.24) is 14.9 Å². The lowest BCUT2D eigenvalue weighted by Gasteiger charge is -2.14. The number of hydrogen-bond acceptors (Lipinski definition) is 6. The Labute approximate surface area is 156 Å². The standard InChI is InChI=1S/C18H24F3N5O/c1-26(2)9-5-8-22-17-24-15(18(19,20)21)11-16(25-17)23-12-13-6-4-7-14(10-13)27-3/h4,6-7,10-11H,5,8-9,12H2,1-3H3,(H2,22,23,24,25). The molecule has 2 rings (SSSR count).